The lowest BCUT2D eigenvalue weighted by molar-refractivity contribution is -0.158. The molecule has 2 aromatic carbocycles. The van der Waals surface area contributed by atoms with Crippen LogP contribution in [-0.2, 0) is 20.7 Å². The number of rotatable bonds is 7. The zero-order chi connectivity index (χ0) is 21.0. The number of aromatic hydroxyl groups is 1. The summed E-state index contributed by atoms with van der Waals surface area (Å²) in [5, 5.41) is 20.2. The summed E-state index contributed by atoms with van der Waals surface area (Å²) in [7, 11) is 0. The van der Waals surface area contributed by atoms with E-state index in [9.17, 15) is 19.8 Å². The van der Waals surface area contributed by atoms with Gasteiger partial charge in [0.15, 0.2) is 11.9 Å². The normalized spacial score (nSPS) is 19.0. The van der Waals surface area contributed by atoms with E-state index in [1.165, 1.54) is 12.1 Å². The van der Waals surface area contributed by atoms with Gasteiger partial charge in [-0.15, -0.1) is 0 Å². The molecule has 1 heterocycles. The molecule has 0 saturated carbocycles. The van der Waals surface area contributed by atoms with Crippen LogP contribution >= 0.6 is 0 Å². The second kappa shape index (κ2) is 8.95. The highest BCUT2D eigenvalue weighted by molar-refractivity contribution is 6.09. The van der Waals surface area contributed by atoms with E-state index in [0.717, 1.165) is 11.1 Å². The van der Waals surface area contributed by atoms with Crippen LogP contribution in [0.25, 0.3) is 0 Å². The average molecular weight is 394 g/mol. The van der Waals surface area contributed by atoms with Gasteiger partial charge >= 0.3 is 5.97 Å². The Kier molecular flexibility index (Phi) is 6.37. The van der Waals surface area contributed by atoms with E-state index >= 15 is 0 Å². The molecule has 0 amide bonds. The van der Waals surface area contributed by atoms with E-state index < -0.39 is 29.5 Å². The fourth-order valence-corrected chi connectivity index (χ4v) is 3.91. The SMILES string of the molecule is CCC(C1=C(O)C(=O)C(C(CC)Cc2ccccc2)OC1=O)c1ccc(O)cc1. The van der Waals surface area contributed by atoms with Gasteiger partial charge < -0.3 is 14.9 Å². The molecule has 0 radical (unpaired) electrons. The van der Waals surface area contributed by atoms with Crippen molar-refractivity contribution >= 4 is 11.8 Å². The summed E-state index contributed by atoms with van der Waals surface area (Å²) in [5.74, 6) is -2.29. The van der Waals surface area contributed by atoms with Gasteiger partial charge in [-0.1, -0.05) is 56.3 Å². The van der Waals surface area contributed by atoms with Crippen molar-refractivity contribution in [3.8, 4) is 5.75 Å². The van der Waals surface area contributed by atoms with Crippen LogP contribution in [0.15, 0.2) is 65.9 Å². The van der Waals surface area contributed by atoms with Gasteiger partial charge in [-0.25, -0.2) is 4.79 Å². The predicted octanol–water partition coefficient (Wildman–Crippen LogP) is 4.46. The number of aliphatic hydroxyl groups is 1. The summed E-state index contributed by atoms with van der Waals surface area (Å²) in [6.45, 7) is 3.81. The third-order valence-corrected chi connectivity index (χ3v) is 5.55. The number of carbonyl (C=O) groups excluding carboxylic acids is 2. The van der Waals surface area contributed by atoms with Gasteiger partial charge in [0.05, 0.1) is 5.57 Å². The standard InChI is InChI=1S/C24H26O5/c1-3-16(14-15-8-6-5-7-9-15)23-22(27)21(26)20(24(28)29-23)19(4-2)17-10-12-18(25)13-11-17/h5-13,16,19,23,25-26H,3-4,14H2,1-2H3. The van der Waals surface area contributed by atoms with Crippen LogP contribution in [0, 0.1) is 5.92 Å². The summed E-state index contributed by atoms with van der Waals surface area (Å²) in [6.07, 6.45) is 0.724. The fraction of sp³-hybridized carbons (Fsp3) is 0.333. The van der Waals surface area contributed by atoms with Crippen molar-refractivity contribution in [3.63, 3.8) is 0 Å². The number of phenolic OH excluding ortho intramolecular Hbond substituents is 1. The second-order valence-corrected chi connectivity index (χ2v) is 7.36. The molecule has 29 heavy (non-hydrogen) atoms. The van der Waals surface area contributed by atoms with Crippen molar-refractivity contribution in [1.29, 1.82) is 0 Å². The van der Waals surface area contributed by atoms with Gasteiger partial charge in [-0.2, -0.15) is 0 Å². The van der Waals surface area contributed by atoms with Crippen molar-refractivity contribution in [2.24, 2.45) is 5.92 Å². The number of ketones is 1. The molecule has 0 spiro atoms. The number of Topliss-reactive ketones (excluding diaryl/α,β-unsaturated/α-hetero) is 1. The Morgan fingerprint density at radius 1 is 0.931 bits per heavy atom. The van der Waals surface area contributed by atoms with Crippen molar-refractivity contribution in [2.75, 3.05) is 0 Å². The molecule has 1 aliphatic rings. The van der Waals surface area contributed by atoms with E-state index in [1.54, 1.807) is 12.1 Å². The Morgan fingerprint density at radius 2 is 1.59 bits per heavy atom. The first-order valence-electron chi connectivity index (χ1n) is 9.97. The summed E-state index contributed by atoms with van der Waals surface area (Å²) in [4.78, 5) is 25.8. The minimum atomic E-state index is -0.992. The smallest absolute Gasteiger partial charge is 0.339 e. The van der Waals surface area contributed by atoms with Gasteiger partial charge in [0, 0.05) is 11.8 Å². The van der Waals surface area contributed by atoms with Crippen LogP contribution in [0.2, 0.25) is 0 Å². The number of benzene rings is 2. The maximum atomic E-state index is 13.0. The molecule has 5 nitrogen and oxygen atoms in total. The molecule has 3 unspecified atom stereocenters. The number of hydrogen-bond acceptors (Lipinski definition) is 5. The Hall–Kier alpha value is -3.08. The molecule has 0 aromatic heterocycles. The monoisotopic (exact) mass is 394 g/mol. The third-order valence-electron chi connectivity index (χ3n) is 5.55. The molecule has 2 aromatic rings. The van der Waals surface area contributed by atoms with Gasteiger partial charge in [0.1, 0.15) is 5.75 Å². The number of esters is 1. The number of carbonyl (C=O) groups is 2. The molecule has 0 bridgehead atoms. The van der Waals surface area contributed by atoms with E-state index in [1.807, 2.05) is 44.2 Å². The molecular weight excluding hydrogens is 368 g/mol. The van der Waals surface area contributed by atoms with Crippen LogP contribution < -0.4 is 0 Å². The van der Waals surface area contributed by atoms with Crippen molar-refractivity contribution in [3.05, 3.63) is 77.1 Å². The first-order valence-corrected chi connectivity index (χ1v) is 9.97. The number of ether oxygens (including phenoxy) is 1. The van der Waals surface area contributed by atoms with E-state index in [-0.39, 0.29) is 17.2 Å². The lowest BCUT2D eigenvalue weighted by Crippen LogP contribution is -2.42. The van der Waals surface area contributed by atoms with Crippen molar-refractivity contribution in [2.45, 2.75) is 45.1 Å². The highest BCUT2D eigenvalue weighted by Crippen LogP contribution is 2.36. The maximum Gasteiger partial charge on any atom is 0.339 e. The fourth-order valence-electron chi connectivity index (χ4n) is 3.91. The predicted molar refractivity (Wildman–Crippen MR) is 110 cm³/mol. The number of hydrogen-bond donors (Lipinski definition) is 2. The maximum absolute atomic E-state index is 13.0. The van der Waals surface area contributed by atoms with Crippen LogP contribution in [0.3, 0.4) is 0 Å². The lowest BCUT2D eigenvalue weighted by atomic mass is 9.82. The Morgan fingerprint density at radius 3 is 2.17 bits per heavy atom. The Bertz CT molecular complexity index is 899. The van der Waals surface area contributed by atoms with E-state index in [0.29, 0.717) is 19.3 Å². The van der Waals surface area contributed by atoms with Crippen LogP contribution in [0.5, 0.6) is 5.75 Å². The molecule has 0 saturated heterocycles. The third kappa shape index (κ3) is 4.34. The summed E-state index contributed by atoms with van der Waals surface area (Å²) in [5.41, 5.74) is 1.77. The van der Waals surface area contributed by atoms with Crippen LogP contribution in [-0.4, -0.2) is 28.1 Å². The number of aliphatic hydroxyl groups excluding tert-OH is 1. The van der Waals surface area contributed by atoms with Crippen molar-refractivity contribution in [1.82, 2.24) is 0 Å². The second-order valence-electron chi connectivity index (χ2n) is 7.36. The number of phenols is 1. The first kappa shape index (κ1) is 20.6. The summed E-state index contributed by atoms with van der Waals surface area (Å²) < 4.78 is 5.58. The van der Waals surface area contributed by atoms with E-state index in [2.05, 4.69) is 0 Å². The topological polar surface area (TPSA) is 83.8 Å². The minimum absolute atomic E-state index is 0.00555. The van der Waals surface area contributed by atoms with Crippen molar-refractivity contribution < 1.29 is 24.5 Å². The minimum Gasteiger partial charge on any atom is -0.508 e. The molecule has 0 fully saturated rings. The summed E-state index contributed by atoms with van der Waals surface area (Å²) >= 11 is 0. The molecule has 3 rings (SSSR count). The lowest BCUT2D eigenvalue weighted by Gasteiger charge is -2.31. The zero-order valence-electron chi connectivity index (χ0n) is 16.7. The molecule has 1 aliphatic heterocycles. The zero-order valence-corrected chi connectivity index (χ0v) is 16.7. The van der Waals surface area contributed by atoms with Crippen LogP contribution in [0.4, 0.5) is 0 Å². The van der Waals surface area contributed by atoms with Gasteiger partial charge in [0.2, 0.25) is 5.78 Å². The van der Waals surface area contributed by atoms with Gasteiger partial charge in [0.25, 0.3) is 0 Å². The highest BCUT2D eigenvalue weighted by atomic mass is 16.6. The molecule has 2 N–H and O–H groups in total. The van der Waals surface area contributed by atoms with Gasteiger partial charge in [-0.3, -0.25) is 4.79 Å². The molecule has 152 valence electrons. The number of cyclic esters (lactones) is 1. The first-order chi connectivity index (χ1) is 14.0. The van der Waals surface area contributed by atoms with Crippen LogP contribution in [0.1, 0.15) is 43.7 Å². The van der Waals surface area contributed by atoms with E-state index in [4.69, 9.17) is 4.74 Å². The Balaban J connectivity index is 1.90. The molecule has 0 aliphatic carbocycles. The average Bonchev–Trinajstić information content (AvgIpc) is 2.74. The molecule has 3 atom stereocenters. The quantitative estimate of drug-likeness (QED) is 0.678. The summed E-state index contributed by atoms with van der Waals surface area (Å²) in [6, 6.07) is 16.1. The largest absolute Gasteiger partial charge is 0.508 e. The molecule has 5 heteroatoms. The van der Waals surface area contributed by atoms with Gasteiger partial charge in [-0.05, 0) is 42.5 Å². The highest BCUT2D eigenvalue weighted by Gasteiger charge is 2.42. The Labute approximate surface area is 170 Å². The molecular formula is C24H26O5.